The van der Waals surface area contributed by atoms with Crippen LogP contribution in [-0.4, -0.2) is 9.91 Å². The second-order valence-corrected chi connectivity index (χ2v) is 4.06. The highest BCUT2D eigenvalue weighted by Gasteiger charge is 2.17. The van der Waals surface area contributed by atoms with Gasteiger partial charge in [0.2, 0.25) is 5.82 Å². The van der Waals surface area contributed by atoms with Gasteiger partial charge < -0.3 is 4.74 Å². The molecule has 0 atom stereocenters. The highest BCUT2D eigenvalue weighted by atomic mass is 19.1. The van der Waals surface area contributed by atoms with Crippen molar-refractivity contribution in [1.82, 2.24) is 4.98 Å². The van der Waals surface area contributed by atoms with Crippen LogP contribution in [0.5, 0.6) is 11.5 Å². The molecule has 2 rings (SSSR count). The number of halogens is 1. The van der Waals surface area contributed by atoms with Gasteiger partial charge in [-0.05, 0) is 31.5 Å². The van der Waals surface area contributed by atoms with Crippen molar-refractivity contribution in [3.8, 4) is 11.5 Å². The average molecular weight is 262 g/mol. The average Bonchev–Trinajstić information content (AvgIpc) is 2.35. The largest absolute Gasteiger partial charge is 0.455 e. The zero-order chi connectivity index (χ0) is 14.0. The minimum atomic E-state index is -0.925. The first-order chi connectivity index (χ1) is 8.97. The third-order valence-electron chi connectivity index (χ3n) is 2.55. The number of aryl methyl sites for hydroxylation is 2. The van der Waals surface area contributed by atoms with E-state index in [4.69, 9.17) is 4.74 Å². The number of nitrogens with zero attached hydrogens (tertiary/aromatic N) is 2. The number of aromatic nitrogens is 1. The summed E-state index contributed by atoms with van der Waals surface area (Å²) in [7, 11) is 0. The Morgan fingerprint density at radius 3 is 2.63 bits per heavy atom. The Balaban J connectivity index is 2.33. The van der Waals surface area contributed by atoms with Gasteiger partial charge in [0, 0.05) is 17.8 Å². The molecular weight excluding hydrogens is 251 g/mol. The summed E-state index contributed by atoms with van der Waals surface area (Å²) in [6.45, 7) is 3.45. The first-order valence-electron chi connectivity index (χ1n) is 5.52. The molecule has 0 aliphatic rings. The van der Waals surface area contributed by atoms with Crippen LogP contribution in [0.2, 0.25) is 0 Å². The second-order valence-electron chi connectivity index (χ2n) is 4.06. The van der Waals surface area contributed by atoms with Crippen molar-refractivity contribution in [2.75, 3.05) is 0 Å². The van der Waals surface area contributed by atoms with Crippen molar-refractivity contribution in [1.29, 1.82) is 0 Å². The first-order valence-corrected chi connectivity index (χ1v) is 5.52. The maximum Gasteiger partial charge on any atom is 0.305 e. The lowest BCUT2D eigenvalue weighted by molar-refractivity contribution is -0.387. The number of ether oxygens (including phenoxy) is 1. The highest BCUT2D eigenvalue weighted by molar-refractivity contribution is 5.46. The Bertz CT molecular complexity index is 627. The number of hydrogen-bond acceptors (Lipinski definition) is 4. The van der Waals surface area contributed by atoms with Gasteiger partial charge >= 0.3 is 5.69 Å². The molecule has 0 spiro atoms. The highest BCUT2D eigenvalue weighted by Crippen LogP contribution is 2.30. The monoisotopic (exact) mass is 262 g/mol. The summed E-state index contributed by atoms with van der Waals surface area (Å²) < 4.78 is 19.0. The third kappa shape index (κ3) is 2.85. The fourth-order valence-electron chi connectivity index (χ4n) is 1.54. The molecule has 6 heteroatoms. The standard InChI is InChI=1S/C13H11FN2O3/c1-8-5-12(16(17)18)11(14)6-13(8)19-10-4-3-9(2)15-7-10/h3-7H,1-2H3. The van der Waals surface area contributed by atoms with Crippen LogP contribution < -0.4 is 4.74 Å². The van der Waals surface area contributed by atoms with E-state index >= 15 is 0 Å². The third-order valence-corrected chi connectivity index (χ3v) is 2.55. The topological polar surface area (TPSA) is 65.3 Å². The zero-order valence-corrected chi connectivity index (χ0v) is 10.4. The van der Waals surface area contributed by atoms with E-state index in [0.717, 1.165) is 17.8 Å². The summed E-state index contributed by atoms with van der Waals surface area (Å²) in [6, 6.07) is 5.60. The smallest absolute Gasteiger partial charge is 0.305 e. The molecule has 0 N–H and O–H groups in total. The van der Waals surface area contributed by atoms with Crippen LogP contribution >= 0.6 is 0 Å². The van der Waals surface area contributed by atoms with Crippen molar-refractivity contribution in [3.05, 3.63) is 57.7 Å². The van der Waals surface area contributed by atoms with Gasteiger partial charge in [-0.2, -0.15) is 4.39 Å². The molecule has 1 heterocycles. The van der Waals surface area contributed by atoms with E-state index in [0.29, 0.717) is 11.3 Å². The number of pyridine rings is 1. The molecule has 98 valence electrons. The lowest BCUT2D eigenvalue weighted by atomic mass is 10.2. The summed E-state index contributed by atoms with van der Waals surface area (Å²) >= 11 is 0. The first kappa shape index (κ1) is 12.9. The van der Waals surface area contributed by atoms with Crippen LogP contribution in [0.4, 0.5) is 10.1 Å². The number of nitro benzene ring substituents is 1. The van der Waals surface area contributed by atoms with Gasteiger partial charge in [-0.25, -0.2) is 0 Å². The van der Waals surface area contributed by atoms with Gasteiger partial charge in [-0.3, -0.25) is 15.1 Å². The van der Waals surface area contributed by atoms with Crippen molar-refractivity contribution >= 4 is 5.69 Å². The fraction of sp³-hybridized carbons (Fsp3) is 0.154. The van der Waals surface area contributed by atoms with Gasteiger partial charge in [0.1, 0.15) is 11.5 Å². The van der Waals surface area contributed by atoms with Crippen LogP contribution in [0.3, 0.4) is 0 Å². The molecule has 0 fully saturated rings. The van der Waals surface area contributed by atoms with E-state index in [1.165, 1.54) is 6.20 Å². The molecule has 2 aromatic rings. The number of nitro groups is 1. The lowest BCUT2D eigenvalue weighted by Gasteiger charge is -2.08. The number of benzene rings is 1. The summed E-state index contributed by atoms with van der Waals surface area (Å²) in [5.74, 6) is -0.249. The minimum absolute atomic E-state index is 0.230. The molecular formula is C13H11FN2O3. The Morgan fingerprint density at radius 2 is 2.05 bits per heavy atom. The van der Waals surface area contributed by atoms with E-state index in [2.05, 4.69) is 4.98 Å². The van der Waals surface area contributed by atoms with Gasteiger partial charge in [-0.15, -0.1) is 0 Å². The predicted molar refractivity (Wildman–Crippen MR) is 66.8 cm³/mol. The van der Waals surface area contributed by atoms with Crippen LogP contribution in [-0.2, 0) is 0 Å². The van der Waals surface area contributed by atoms with Crippen molar-refractivity contribution in [3.63, 3.8) is 0 Å². The Labute approximate surface area is 108 Å². The number of hydrogen-bond donors (Lipinski definition) is 0. The summed E-state index contributed by atoms with van der Waals surface area (Å²) in [6.07, 6.45) is 1.51. The molecule has 0 radical (unpaired) electrons. The molecule has 0 aliphatic heterocycles. The molecule has 19 heavy (non-hydrogen) atoms. The normalized spacial score (nSPS) is 10.3. The molecule has 0 amide bonds. The van der Waals surface area contributed by atoms with Gasteiger partial charge in [0.25, 0.3) is 0 Å². The van der Waals surface area contributed by atoms with E-state index in [1.807, 2.05) is 6.92 Å². The predicted octanol–water partition coefficient (Wildman–Crippen LogP) is 3.54. The van der Waals surface area contributed by atoms with Crippen molar-refractivity contribution in [2.45, 2.75) is 13.8 Å². The second kappa shape index (κ2) is 5.01. The maximum absolute atomic E-state index is 13.5. The number of rotatable bonds is 3. The molecule has 0 aliphatic carbocycles. The SMILES string of the molecule is Cc1ccc(Oc2cc(F)c([N+](=O)[O-])cc2C)cn1. The van der Waals surface area contributed by atoms with E-state index in [1.54, 1.807) is 19.1 Å². The Morgan fingerprint density at radius 1 is 1.32 bits per heavy atom. The van der Waals surface area contributed by atoms with Gasteiger partial charge in [-0.1, -0.05) is 0 Å². The fourth-order valence-corrected chi connectivity index (χ4v) is 1.54. The van der Waals surface area contributed by atoms with E-state index in [-0.39, 0.29) is 5.75 Å². The molecule has 0 saturated heterocycles. The molecule has 1 aromatic carbocycles. The molecule has 0 unspecified atom stereocenters. The van der Waals surface area contributed by atoms with Crippen LogP contribution in [0.15, 0.2) is 30.5 Å². The molecule has 1 aromatic heterocycles. The zero-order valence-electron chi connectivity index (χ0n) is 10.4. The summed E-state index contributed by atoms with van der Waals surface area (Å²) in [5, 5.41) is 10.6. The van der Waals surface area contributed by atoms with Crippen LogP contribution in [0.25, 0.3) is 0 Å². The quantitative estimate of drug-likeness (QED) is 0.626. The lowest BCUT2D eigenvalue weighted by Crippen LogP contribution is -1.96. The van der Waals surface area contributed by atoms with E-state index in [9.17, 15) is 14.5 Å². The maximum atomic E-state index is 13.5. The van der Waals surface area contributed by atoms with Gasteiger partial charge in [0.15, 0.2) is 0 Å². The molecule has 0 saturated carbocycles. The molecule has 5 nitrogen and oxygen atoms in total. The summed E-state index contributed by atoms with van der Waals surface area (Å²) in [4.78, 5) is 13.9. The van der Waals surface area contributed by atoms with Crippen LogP contribution in [0, 0.1) is 29.8 Å². The van der Waals surface area contributed by atoms with Crippen LogP contribution in [0.1, 0.15) is 11.3 Å². The van der Waals surface area contributed by atoms with Crippen molar-refractivity contribution in [2.24, 2.45) is 0 Å². The van der Waals surface area contributed by atoms with Gasteiger partial charge in [0.05, 0.1) is 11.1 Å². The van der Waals surface area contributed by atoms with E-state index < -0.39 is 16.4 Å². The summed E-state index contributed by atoms with van der Waals surface area (Å²) in [5.41, 5.74) is 0.750. The Hall–Kier alpha value is -2.50. The van der Waals surface area contributed by atoms with Crippen molar-refractivity contribution < 1.29 is 14.1 Å². The molecule has 0 bridgehead atoms. The minimum Gasteiger partial charge on any atom is -0.455 e. The Kier molecular flexibility index (Phi) is 3.41.